The molecule has 3 rings (SSSR count). The van der Waals surface area contributed by atoms with Crippen molar-refractivity contribution in [3.05, 3.63) is 0 Å². The monoisotopic (exact) mass is 381 g/mol. The lowest BCUT2D eigenvalue weighted by molar-refractivity contribution is -0.141. The molecule has 2 saturated heterocycles. The van der Waals surface area contributed by atoms with Gasteiger partial charge >= 0.3 is 6.09 Å². The van der Waals surface area contributed by atoms with Gasteiger partial charge in [0.1, 0.15) is 5.60 Å². The van der Waals surface area contributed by atoms with Gasteiger partial charge in [-0.25, -0.2) is 4.79 Å². The van der Waals surface area contributed by atoms with Gasteiger partial charge in [-0.2, -0.15) is 0 Å². The van der Waals surface area contributed by atoms with Crippen LogP contribution in [0.4, 0.5) is 4.79 Å². The zero-order chi connectivity index (χ0) is 19.4. The maximum Gasteiger partial charge on any atom is 0.410 e. The molecule has 3 aliphatic rings. The van der Waals surface area contributed by atoms with Crippen molar-refractivity contribution in [2.45, 2.75) is 58.1 Å². The second kappa shape index (κ2) is 8.78. The minimum atomic E-state index is -0.454. The molecular formula is C20H35N3O4. The van der Waals surface area contributed by atoms with Gasteiger partial charge in [-0.1, -0.05) is 6.42 Å². The maximum absolute atomic E-state index is 12.8. The summed E-state index contributed by atoms with van der Waals surface area (Å²) in [5.41, 5.74) is -0.454. The Morgan fingerprint density at radius 3 is 2.22 bits per heavy atom. The molecule has 27 heavy (non-hydrogen) atoms. The standard InChI is InChI=1S/C20H35N3O4/c1-20(2,3)27-19(25)23-9-7-21(8-10-23)17-6-4-5-16(15-17)18(24)22-11-13-26-14-12-22/h16-17H,4-15H2,1-3H3/t16-,17+/m1/s1. The van der Waals surface area contributed by atoms with Gasteiger partial charge in [0, 0.05) is 51.2 Å². The van der Waals surface area contributed by atoms with E-state index in [4.69, 9.17) is 9.47 Å². The molecule has 2 atom stereocenters. The van der Waals surface area contributed by atoms with Crippen LogP contribution >= 0.6 is 0 Å². The SMILES string of the molecule is CC(C)(C)OC(=O)N1CCN([C@H]2CCC[C@@H](C(=O)N3CCOCC3)C2)CC1. The van der Waals surface area contributed by atoms with Crippen molar-refractivity contribution < 1.29 is 19.1 Å². The minimum Gasteiger partial charge on any atom is -0.444 e. The third-order valence-electron chi connectivity index (χ3n) is 5.80. The summed E-state index contributed by atoms with van der Waals surface area (Å²) in [5, 5.41) is 0. The number of hydrogen-bond acceptors (Lipinski definition) is 5. The summed E-state index contributed by atoms with van der Waals surface area (Å²) >= 11 is 0. The molecule has 0 aromatic heterocycles. The van der Waals surface area contributed by atoms with Gasteiger partial charge < -0.3 is 19.3 Å². The van der Waals surface area contributed by atoms with Crippen LogP contribution in [0.25, 0.3) is 0 Å². The first-order valence-electron chi connectivity index (χ1n) is 10.4. The van der Waals surface area contributed by atoms with Gasteiger partial charge in [0.15, 0.2) is 0 Å². The van der Waals surface area contributed by atoms with Gasteiger partial charge in [-0.15, -0.1) is 0 Å². The molecule has 7 heteroatoms. The molecule has 7 nitrogen and oxygen atoms in total. The van der Waals surface area contributed by atoms with E-state index >= 15 is 0 Å². The number of carbonyl (C=O) groups excluding carboxylic acids is 2. The van der Waals surface area contributed by atoms with E-state index in [-0.39, 0.29) is 12.0 Å². The molecule has 0 N–H and O–H groups in total. The molecule has 2 amide bonds. The molecule has 0 spiro atoms. The van der Waals surface area contributed by atoms with E-state index in [1.165, 1.54) is 0 Å². The first-order chi connectivity index (χ1) is 12.8. The van der Waals surface area contributed by atoms with Crippen LogP contribution < -0.4 is 0 Å². The van der Waals surface area contributed by atoms with Crippen molar-refractivity contribution in [3.63, 3.8) is 0 Å². The van der Waals surface area contributed by atoms with Crippen LogP contribution in [0.5, 0.6) is 0 Å². The van der Waals surface area contributed by atoms with E-state index in [1.807, 2.05) is 25.7 Å². The molecular weight excluding hydrogens is 346 g/mol. The van der Waals surface area contributed by atoms with Crippen LogP contribution in [-0.4, -0.2) is 90.8 Å². The van der Waals surface area contributed by atoms with E-state index < -0.39 is 5.60 Å². The third kappa shape index (κ3) is 5.57. The van der Waals surface area contributed by atoms with Gasteiger partial charge in [-0.3, -0.25) is 9.69 Å². The van der Waals surface area contributed by atoms with Gasteiger partial charge in [0.05, 0.1) is 13.2 Å². The van der Waals surface area contributed by atoms with Crippen molar-refractivity contribution in [2.24, 2.45) is 5.92 Å². The third-order valence-corrected chi connectivity index (χ3v) is 5.80. The number of ether oxygens (including phenoxy) is 2. The number of piperazine rings is 1. The lowest BCUT2D eigenvalue weighted by atomic mass is 9.83. The predicted molar refractivity (Wildman–Crippen MR) is 103 cm³/mol. The highest BCUT2D eigenvalue weighted by Crippen LogP contribution is 2.30. The molecule has 0 aromatic rings. The molecule has 0 aromatic carbocycles. The summed E-state index contributed by atoms with van der Waals surface area (Å²) in [7, 11) is 0. The lowest BCUT2D eigenvalue weighted by Gasteiger charge is -2.43. The van der Waals surface area contributed by atoms with Crippen molar-refractivity contribution in [1.29, 1.82) is 0 Å². The Morgan fingerprint density at radius 2 is 1.59 bits per heavy atom. The Balaban J connectivity index is 1.48. The zero-order valence-corrected chi connectivity index (χ0v) is 17.1. The fraction of sp³-hybridized carbons (Fsp3) is 0.900. The van der Waals surface area contributed by atoms with Gasteiger partial charge in [0.25, 0.3) is 0 Å². The molecule has 2 heterocycles. The van der Waals surface area contributed by atoms with Crippen LogP contribution in [0.1, 0.15) is 46.5 Å². The van der Waals surface area contributed by atoms with Gasteiger partial charge in [0.2, 0.25) is 5.91 Å². The molecule has 154 valence electrons. The highest BCUT2D eigenvalue weighted by molar-refractivity contribution is 5.79. The Bertz CT molecular complexity index is 520. The Labute approximate surface area is 162 Å². The molecule has 3 fully saturated rings. The number of amides is 2. The van der Waals surface area contributed by atoms with Crippen molar-refractivity contribution in [3.8, 4) is 0 Å². The van der Waals surface area contributed by atoms with Crippen molar-refractivity contribution in [1.82, 2.24) is 14.7 Å². The van der Waals surface area contributed by atoms with Crippen LogP contribution in [0.3, 0.4) is 0 Å². The smallest absolute Gasteiger partial charge is 0.410 e. The second-order valence-corrected chi connectivity index (χ2v) is 8.96. The molecule has 0 radical (unpaired) electrons. The first kappa shape index (κ1) is 20.4. The predicted octanol–water partition coefficient (Wildman–Crippen LogP) is 1.96. The number of carbonyl (C=O) groups is 2. The highest BCUT2D eigenvalue weighted by atomic mass is 16.6. The topological polar surface area (TPSA) is 62.3 Å². The fourth-order valence-corrected chi connectivity index (χ4v) is 4.36. The molecule has 0 bridgehead atoms. The Morgan fingerprint density at radius 1 is 0.926 bits per heavy atom. The van der Waals surface area contributed by atoms with Crippen LogP contribution in [-0.2, 0) is 14.3 Å². The van der Waals surface area contributed by atoms with Crippen LogP contribution in [0, 0.1) is 5.92 Å². The number of hydrogen-bond donors (Lipinski definition) is 0. The van der Waals surface area contributed by atoms with E-state index in [2.05, 4.69) is 4.90 Å². The van der Waals surface area contributed by atoms with Crippen LogP contribution in [0.2, 0.25) is 0 Å². The van der Waals surface area contributed by atoms with Crippen molar-refractivity contribution >= 4 is 12.0 Å². The average Bonchev–Trinajstić information content (AvgIpc) is 2.67. The Kier molecular flexibility index (Phi) is 6.63. The van der Waals surface area contributed by atoms with E-state index in [1.54, 1.807) is 4.90 Å². The zero-order valence-electron chi connectivity index (χ0n) is 17.1. The quantitative estimate of drug-likeness (QED) is 0.732. The van der Waals surface area contributed by atoms with Crippen molar-refractivity contribution in [2.75, 3.05) is 52.5 Å². The fourth-order valence-electron chi connectivity index (χ4n) is 4.36. The molecule has 1 saturated carbocycles. The van der Waals surface area contributed by atoms with E-state index in [0.717, 1.165) is 51.9 Å². The number of nitrogens with zero attached hydrogens (tertiary/aromatic N) is 3. The van der Waals surface area contributed by atoms with E-state index in [9.17, 15) is 9.59 Å². The first-order valence-corrected chi connectivity index (χ1v) is 10.4. The summed E-state index contributed by atoms with van der Waals surface area (Å²) in [5.74, 6) is 0.459. The lowest BCUT2D eigenvalue weighted by Crippen LogP contribution is -2.54. The normalized spacial score (nSPS) is 28.1. The summed E-state index contributed by atoms with van der Waals surface area (Å²) < 4.78 is 10.9. The minimum absolute atomic E-state index is 0.144. The maximum atomic E-state index is 12.8. The summed E-state index contributed by atoms with van der Waals surface area (Å²) in [6.45, 7) is 11.6. The molecule has 2 aliphatic heterocycles. The number of rotatable bonds is 2. The molecule has 1 aliphatic carbocycles. The van der Waals surface area contributed by atoms with Crippen LogP contribution in [0.15, 0.2) is 0 Å². The van der Waals surface area contributed by atoms with Gasteiger partial charge in [-0.05, 0) is 40.0 Å². The summed E-state index contributed by atoms with van der Waals surface area (Å²) in [6.07, 6.45) is 4.00. The second-order valence-electron chi connectivity index (χ2n) is 8.96. The molecule has 0 unspecified atom stereocenters. The van der Waals surface area contributed by atoms with E-state index in [0.29, 0.717) is 38.3 Å². The Hall–Kier alpha value is -1.34. The largest absolute Gasteiger partial charge is 0.444 e. The average molecular weight is 382 g/mol. The summed E-state index contributed by atoms with van der Waals surface area (Å²) in [4.78, 5) is 31.3. The summed E-state index contributed by atoms with van der Waals surface area (Å²) in [6, 6.07) is 0.453. The highest BCUT2D eigenvalue weighted by Gasteiger charge is 2.35. The number of morpholine rings is 1.